The Morgan fingerprint density at radius 3 is 2.52 bits per heavy atom. The Kier molecular flexibility index (Phi) is 5.00. The number of nitrogens with zero attached hydrogens (tertiary/aromatic N) is 4. The van der Waals surface area contributed by atoms with Crippen molar-refractivity contribution in [1.82, 2.24) is 14.1 Å². The van der Waals surface area contributed by atoms with Crippen molar-refractivity contribution in [2.75, 3.05) is 11.4 Å². The molecule has 0 spiro atoms. The third kappa shape index (κ3) is 3.39. The zero-order chi connectivity index (χ0) is 23.4. The third-order valence-electron chi connectivity index (χ3n) is 6.92. The first kappa shape index (κ1) is 21.2. The monoisotopic (exact) mass is 444 g/mol. The van der Waals surface area contributed by atoms with Crippen LogP contribution in [0.4, 0.5) is 11.6 Å². The van der Waals surface area contributed by atoms with Crippen molar-refractivity contribution < 1.29 is 4.57 Å². The van der Waals surface area contributed by atoms with Gasteiger partial charge in [0.1, 0.15) is 5.69 Å². The van der Waals surface area contributed by atoms with E-state index < -0.39 is 0 Å². The number of anilines is 2. The van der Waals surface area contributed by atoms with Crippen molar-refractivity contribution >= 4 is 22.8 Å². The third-order valence-corrected chi connectivity index (χ3v) is 6.92. The van der Waals surface area contributed by atoms with E-state index >= 15 is 0 Å². The van der Waals surface area contributed by atoms with Gasteiger partial charge in [0.05, 0.1) is 19.6 Å². The Bertz CT molecular complexity index is 1510. The first-order chi connectivity index (χ1) is 15.8. The first-order valence-corrected chi connectivity index (χ1v) is 11.4. The number of hydrogen-bond donors (Lipinski definition) is 1. The molecule has 4 aromatic rings. The quantitative estimate of drug-likeness (QED) is 0.494. The minimum atomic E-state index is -0.319. The second kappa shape index (κ2) is 7.76. The average molecular weight is 445 g/mol. The highest BCUT2D eigenvalue weighted by molar-refractivity contribution is 5.70. The zero-order valence-corrected chi connectivity index (χ0v) is 19.8. The molecule has 0 amide bonds. The Labute approximate surface area is 192 Å². The molecule has 1 aliphatic rings. The number of hydrogen-bond acceptors (Lipinski definition) is 3. The van der Waals surface area contributed by atoms with Crippen LogP contribution >= 0.6 is 0 Å². The molecule has 170 valence electrons. The molecule has 0 bridgehead atoms. The smallest absolute Gasteiger partial charge is 0.267 e. The Morgan fingerprint density at radius 1 is 1.03 bits per heavy atom. The summed E-state index contributed by atoms with van der Waals surface area (Å²) in [4.78, 5) is 32.5. The van der Waals surface area contributed by atoms with E-state index in [1.807, 2.05) is 31.2 Å². The molecule has 1 atom stereocenters. The molecule has 0 fully saturated rings. The van der Waals surface area contributed by atoms with Crippen LogP contribution in [0.2, 0.25) is 0 Å². The van der Waals surface area contributed by atoms with Crippen molar-refractivity contribution in [3.05, 3.63) is 85.6 Å². The number of aryl methyl sites for hydroxylation is 4. The maximum absolute atomic E-state index is 13.7. The summed E-state index contributed by atoms with van der Waals surface area (Å²) in [7, 11) is 1.73. The number of H-pyrrole nitrogens is 1. The van der Waals surface area contributed by atoms with E-state index in [1.165, 1.54) is 15.7 Å². The highest BCUT2D eigenvalue weighted by Gasteiger charge is 2.36. The Hall–Kier alpha value is -3.61. The molecule has 2 aromatic carbocycles. The maximum atomic E-state index is 13.7. The number of nitrogens with one attached hydrogen (secondary N) is 1. The summed E-state index contributed by atoms with van der Waals surface area (Å²) in [6, 6.07) is 14.3. The molecule has 7 heteroatoms. The number of aromatic nitrogens is 4. The van der Waals surface area contributed by atoms with Gasteiger partial charge in [-0.25, -0.2) is 19.2 Å². The molecule has 0 saturated heterocycles. The van der Waals surface area contributed by atoms with Crippen molar-refractivity contribution in [2.24, 2.45) is 13.0 Å². The van der Waals surface area contributed by atoms with Crippen LogP contribution in [0.1, 0.15) is 29.2 Å². The average Bonchev–Trinajstić information content (AvgIpc) is 3.17. The molecule has 0 saturated carbocycles. The van der Waals surface area contributed by atoms with E-state index in [0.717, 1.165) is 29.3 Å². The Balaban J connectivity index is 1.73. The van der Waals surface area contributed by atoms with Crippen LogP contribution in [0.15, 0.2) is 52.1 Å². The van der Waals surface area contributed by atoms with Gasteiger partial charge in [-0.05, 0) is 55.2 Å². The summed E-state index contributed by atoms with van der Waals surface area (Å²) < 4.78 is 4.96. The predicted molar refractivity (Wildman–Crippen MR) is 130 cm³/mol. The molecular formula is C26H30N5O2+. The molecule has 1 aliphatic heterocycles. The van der Waals surface area contributed by atoms with Gasteiger partial charge in [-0.1, -0.05) is 37.3 Å². The summed E-state index contributed by atoms with van der Waals surface area (Å²) >= 11 is 0. The summed E-state index contributed by atoms with van der Waals surface area (Å²) in [5.74, 6) is 1.18. The molecule has 0 radical (unpaired) electrons. The van der Waals surface area contributed by atoms with Crippen LogP contribution in [0.5, 0.6) is 0 Å². The molecule has 7 nitrogen and oxygen atoms in total. The molecule has 0 aliphatic carbocycles. The van der Waals surface area contributed by atoms with Crippen molar-refractivity contribution in [1.29, 1.82) is 0 Å². The van der Waals surface area contributed by atoms with Crippen molar-refractivity contribution in [3.8, 4) is 0 Å². The second-order valence-electron chi connectivity index (χ2n) is 9.40. The minimum absolute atomic E-state index is 0.255. The number of fused-ring (bicyclic) bond motifs is 3. The lowest BCUT2D eigenvalue weighted by Gasteiger charge is -2.26. The van der Waals surface area contributed by atoms with E-state index in [1.54, 1.807) is 11.6 Å². The van der Waals surface area contributed by atoms with E-state index in [4.69, 9.17) is 0 Å². The molecule has 5 rings (SSSR count). The van der Waals surface area contributed by atoms with Crippen molar-refractivity contribution in [2.45, 2.75) is 40.8 Å². The van der Waals surface area contributed by atoms with Crippen molar-refractivity contribution in [3.63, 3.8) is 0 Å². The fourth-order valence-corrected chi connectivity index (χ4v) is 4.79. The summed E-state index contributed by atoms with van der Waals surface area (Å²) in [5.41, 5.74) is 6.10. The largest absolute Gasteiger partial charge is 0.364 e. The highest BCUT2D eigenvalue weighted by atomic mass is 16.2. The number of imidazole rings is 1. The first-order valence-electron chi connectivity index (χ1n) is 11.4. The molecular weight excluding hydrogens is 414 g/mol. The normalized spacial score (nSPS) is 15.8. The van der Waals surface area contributed by atoms with Crippen LogP contribution < -0.4 is 20.7 Å². The maximum Gasteiger partial charge on any atom is 0.364 e. The van der Waals surface area contributed by atoms with Gasteiger partial charge < -0.3 is 0 Å². The number of benzene rings is 2. The van der Waals surface area contributed by atoms with Crippen LogP contribution in [-0.2, 0) is 20.1 Å². The van der Waals surface area contributed by atoms with Gasteiger partial charge in [-0.2, -0.15) is 0 Å². The number of rotatable bonds is 3. The van der Waals surface area contributed by atoms with Crippen LogP contribution in [0.25, 0.3) is 11.2 Å². The van der Waals surface area contributed by atoms with E-state index in [-0.39, 0.29) is 17.8 Å². The lowest BCUT2D eigenvalue weighted by molar-refractivity contribution is -0.669. The topological polar surface area (TPSA) is 66.9 Å². The SMILES string of the molecule is Cc1ccc(N2C[C@@H](C)C[n+]3c2[nH]c2c3c(=O)n(Cc3ccccc3C)c(=O)n2C)cc1C. The minimum Gasteiger partial charge on any atom is -0.267 e. The molecule has 0 unspecified atom stereocenters. The Morgan fingerprint density at radius 2 is 1.79 bits per heavy atom. The van der Waals surface area contributed by atoms with Gasteiger partial charge >= 0.3 is 11.6 Å². The van der Waals surface area contributed by atoms with Crippen LogP contribution in [-0.4, -0.2) is 20.7 Å². The molecule has 1 N–H and O–H groups in total. The highest BCUT2D eigenvalue weighted by Crippen LogP contribution is 2.29. The zero-order valence-electron chi connectivity index (χ0n) is 19.8. The summed E-state index contributed by atoms with van der Waals surface area (Å²) in [6.07, 6.45) is 0. The van der Waals surface area contributed by atoms with Gasteiger partial charge in [0.15, 0.2) is 0 Å². The number of aromatic amines is 1. The van der Waals surface area contributed by atoms with E-state index in [2.05, 4.69) is 53.4 Å². The van der Waals surface area contributed by atoms with E-state index in [9.17, 15) is 9.59 Å². The van der Waals surface area contributed by atoms with Gasteiger partial charge in [-0.3, -0.25) is 13.9 Å². The standard InChI is InChI=1S/C26H29N5O2/c1-16-13-29(21-11-10-17(2)19(4)12-21)25-27-23-22(30(25)14-16)24(32)31(26(33)28(23)5)15-20-9-7-6-8-18(20)3/h6-12,16H,13-15H2,1-5H3/p+1/t16-/m1/s1. The fraction of sp³-hybridized carbons (Fsp3) is 0.346. The lowest BCUT2D eigenvalue weighted by Crippen LogP contribution is -2.52. The van der Waals surface area contributed by atoms with Gasteiger partial charge in [0.25, 0.3) is 5.56 Å². The summed E-state index contributed by atoms with van der Waals surface area (Å²) in [5, 5.41) is 0. The lowest BCUT2D eigenvalue weighted by atomic mass is 10.1. The van der Waals surface area contributed by atoms with Gasteiger partial charge in [0.2, 0.25) is 11.2 Å². The van der Waals surface area contributed by atoms with Gasteiger partial charge in [-0.15, -0.1) is 0 Å². The molecule has 2 aromatic heterocycles. The van der Waals surface area contributed by atoms with E-state index in [0.29, 0.717) is 23.6 Å². The predicted octanol–water partition coefficient (Wildman–Crippen LogP) is 3.08. The summed E-state index contributed by atoms with van der Waals surface area (Å²) in [6.45, 7) is 10.2. The van der Waals surface area contributed by atoms with Gasteiger partial charge in [0, 0.05) is 13.0 Å². The fourth-order valence-electron chi connectivity index (χ4n) is 4.79. The molecule has 33 heavy (non-hydrogen) atoms. The van der Waals surface area contributed by atoms with Crippen LogP contribution in [0.3, 0.4) is 0 Å². The molecule has 3 heterocycles. The van der Waals surface area contributed by atoms with Crippen LogP contribution in [0, 0.1) is 26.7 Å². The second-order valence-corrected chi connectivity index (χ2v) is 9.40.